The third-order valence-electron chi connectivity index (χ3n) is 3.21. The molecule has 1 aliphatic heterocycles. The normalized spacial score (nSPS) is 22.0. The Morgan fingerprint density at radius 2 is 1.72 bits per heavy atom. The molecule has 3 rings (SSSR count). The van der Waals surface area contributed by atoms with Gasteiger partial charge in [-0.05, 0) is 18.2 Å². The van der Waals surface area contributed by atoms with Gasteiger partial charge in [-0.15, -0.1) is 0 Å². The molecule has 0 fully saturated rings. The topological polar surface area (TPSA) is 40.1 Å². The predicted molar refractivity (Wildman–Crippen MR) is 73.8 cm³/mol. The van der Waals surface area contributed by atoms with Gasteiger partial charge in [0, 0.05) is 22.2 Å². The van der Waals surface area contributed by atoms with Crippen molar-refractivity contribution < 1.29 is 4.79 Å². The van der Waals surface area contributed by atoms with E-state index in [1.807, 2.05) is 12.1 Å². The standard InChI is InChI=1S/C14H10BrNO2/c15-11-5-7-12(8-6-11)16(18)9-10-3-1-2-4-13(10)14(16)17/h1-8H,9H2. The molecule has 3 nitrogen and oxygen atoms in total. The first-order valence-corrected chi connectivity index (χ1v) is 6.38. The maximum Gasteiger partial charge on any atom is 0.351 e. The number of carbonyl (C=O) groups excluding carboxylic acids is 1. The molecule has 2 aromatic rings. The van der Waals surface area contributed by atoms with E-state index in [9.17, 15) is 10.0 Å². The number of benzene rings is 2. The molecule has 0 aromatic heterocycles. The van der Waals surface area contributed by atoms with Gasteiger partial charge in [0.1, 0.15) is 12.2 Å². The van der Waals surface area contributed by atoms with Gasteiger partial charge in [-0.3, -0.25) is 4.65 Å². The summed E-state index contributed by atoms with van der Waals surface area (Å²) in [6, 6.07) is 14.1. The summed E-state index contributed by atoms with van der Waals surface area (Å²) in [6.07, 6.45) is 0. The molecule has 2 aromatic carbocycles. The van der Waals surface area contributed by atoms with Crippen LogP contribution < -0.4 is 4.65 Å². The molecule has 0 radical (unpaired) electrons. The van der Waals surface area contributed by atoms with Crippen molar-refractivity contribution in [3.8, 4) is 0 Å². The van der Waals surface area contributed by atoms with Crippen LogP contribution in [-0.4, -0.2) is 5.91 Å². The van der Waals surface area contributed by atoms with Crippen LogP contribution in [0.15, 0.2) is 53.0 Å². The Bertz CT molecular complexity index is 624. The quantitative estimate of drug-likeness (QED) is 0.596. The van der Waals surface area contributed by atoms with E-state index in [1.54, 1.807) is 36.4 Å². The van der Waals surface area contributed by atoms with E-state index in [0.717, 1.165) is 10.0 Å². The van der Waals surface area contributed by atoms with Crippen LogP contribution in [0.3, 0.4) is 0 Å². The SMILES string of the molecule is O=C1c2ccccc2C[N+]1([O-])c1ccc(Br)cc1. The summed E-state index contributed by atoms with van der Waals surface area (Å²) >= 11 is 3.32. The fourth-order valence-electron chi connectivity index (χ4n) is 2.26. The van der Waals surface area contributed by atoms with E-state index in [4.69, 9.17) is 0 Å². The van der Waals surface area contributed by atoms with Crippen molar-refractivity contribution in [2.24, 2.45) is 0 Å². The Balaban J connectivity index is 2.09. The predicted octanol–water partition coefficient (Wildman–Crippen LogP) is 3.61. The van der Waals surface area contributed by atoms with Gasteiger partial charge in [0.25, 0.3) is 0 Å². The lowest BCUT2D eigenvalue weighted by atomic mass is 10.1. The van der Waals surface area contributed by atoms with Crippen molar-refractivity contribution in [1.82, 2.24) is 4.65 Å². The van der Waals surface area contributed by atoms with Crippen LogP contribution in [0.25, 0.3) is 0 Å². The molecule has 1 aliphatic rings. The van der Waals surface area contributed by atoms with Crippen LogP contribution in [0.1, 0.15) is 15.9 Å². The van der Waals surface area contributed by atoms with Crippen LogP contribution in [-0.2, 0) is 6.54 Å². The Morgan fingerprint density at radius 1 is 1.06 bits per heavy atom. The first-order chi connectivity index (χ1) is 8.61. The number of halogens is 1. The van der Waals surface area contributed by atoms with Crippen molar-refractivity contribution in [1.29, 1.82) is 0 Å². The number of hydrogen-bond acceptors (Lipinski definition) is 2. The minimum Gasteiger partial charge on any atom is -0.619 e. The molecule has 1 atom stereocenters. The molecule has 0 aliphatic carbocycles. The van der Waals surface area contributed by atoms with Gasteiger partial charge in [0.15, 0.2) is 0 Å². The molecule has 0 N–H and O–H groups in total. The summed E-state index contributed by atoms with van der Waals surface area (Å²) in [5, 5.41) is 12.8. The van der Waals surface area contributed by atoms with Gasteiger partial charge < -0.3 is 5.21 Å². The highest BCUT2D eigenvalue weighted by atomic mass is 79.9. The Hall–Kier alpha value is -1.49. The second-order valence-electron chi connectivity index (χ2n) is 4.34. The lowest BCUT2D eigenvalue weighted by molar-refractivity contribution is 0.0846. The summed E-state index contributed by atoms with van der Waals surface area (Å²) in [6.45, 7) is 0.177. The Labute approximate surface area is 113 Å². The van der Waals surface area contributed by atoms with Gasteiger partial charge in [-0.2, -0.15) is 0 Å². The molecule has 1 heterocycles. The van der Waals surface area contributed by atoms with E-state index in [0.29, 0.717) is 11.3 Å². The molecular weight excluding hydrogens is 294 g/mol. The molecule has 18 heavy (non-hydrogen) atoms. The van der Waals surface area contributed by atoms with Gasteiger partial charge in [-0.1, -0.05) is 34.1 Å². The monoisotopic (exact) mass is 303 g/mol. The van der Waals surface area contributed by atoms with Crippen molar-refractivity contribution in [3.05, 3.63) is 69.3 Å². The van der Waals surface area contributed by atoms with E-state index in [1.165, 1.54) is 0 Å². The number of fused-ring (bicyclic) bond motifs is 1. The second kappa shape index (κ2) is 4.02. The first kappa shape index (κ1) is 11.6. The number of nitrogens with zero attached hydrogens (tertiary/aromatic N) is 1. The zero-order valence-corrected chi connectivity index (χ0v) is 11.1. The highest BCUT2D eigenvalue weighted by Gasteiger charge is 2.40. The summed E-state index contributed by atoms with van der Waals surface area (Å²) in [4.78, 5) is 12.3. The number of amides is 1. The number of quaternary nitrogens is 1. The summed E-state index contributed by atoms with van der Waals surface area (Å²) in [5.41, 5.74) is 1.83. The summed E-state index contributed by atoms with van der Waals surface area (Å²) in [7, 11) is 0. The van der Waals surface area contributed by atoms with E-state index in [-0.39, 0.29) is 12.5 Å². The molecule has 0 bridgehead atoms. The summed E-state index contributed by atoms with van der Waals surface area (Å²) in [5.74, 6) is -0.382. The van der Waals surface area contributed by atoms with Crippen molar-refractivity contribution in [2.45, 2.75) is 6.54 Å². The van der Waals surface area contributed by atoms with Gasteiger partial charge in [0.2, 0.25) is 0 Å². The minimum absolute atomic E-state index is 0.177. The highest BCUT2D eigenvalue weighted by molar-refractivity contribution is 9.10. The molecule has 0 saturated heterocycles. The average molecular weight is 304 g/mol. The lowest BCUT2D eigenvalue weighted by Crippen LogP contribution is -2.43. The highest BCUT2D eigenvalue weighted by Crippen LogP contribution is 2.35. The second-order valence-corrected chi connectivity index (χ2v) is 5.25. The summed E-state index contributed by atoms with van der Waals surface area (Å²) < 4.78 is -0.0332. The Kier molecular flexibility index (Phi) is 2.59. The molecule has 0 spiro atoms. The number of rotatable bonds is 1. The van der Waals surface area contributed by atoms with Crippen LogP contribution in [0.5, 0.6) is 0 Å². The van der Waals surface area contributed by atoms with Crippen LogP contribution in [0.4, 0.5) is 5.69 Å². The first-order valence-electron chi connectivity index (χ1n) is 5.59. The maximum absolute atomic E-state index is 12.8. The lowest BCUT2D eigenvalue weighted by Gasteiger charge is -2.34. The van der Waals surface area contributed by atoms with Crippen LogP contribution >= 0.6 is 15.9 Å². The van der Waals surface area contributed by atoms with E-state index >= 15 is 0 Å². The zero-order valence-electron chi connectivity index (χ0n) is 9.47. The molecule has 4 heteroatoms. The van der Waals surface area contributed by atoms with Crippen LogP contribution in [0.2, 0.25) is 0 Å². The molecule has 1 unspecified atom stereocenters. The fraction of sp³-hybridized carbons (Fsp3) is 0.0714. The average Bonchev–Trinajstić information content (AvgIpc) is 2.64. The molecular formula is C14H10BrNO2. The van der Waals surface area contributed by atoms with Crippen molar-refractivity contribution >= 4 is 27.5 Å². The fourth-order valence-corrected chi connectivity index (χ4v) is 2.53. The molecule has 0 saturated carbocycles. The number of hydrogen-bond donors (Lipinski definition) is 0. The smallest absolute Gasteiger partial charge is 0.351 e. The van der Waals surface area contributed by atoms with E-state index in [2.05, 4.69) is 15.9 Å². The maximum atomic E-state index is 12.8. The van der Waals surface area contributed by atoms with E-state index < -0.39 is 4.65 Å². The van der Waals surface area contributed by atoms with Crippen molar-refractivity contribution in [2.75, 3.05) is 0 Å². The zero-order chi connectivity index (χ0) is 12.8. The molecule has 1 amide bonds. The van der Waals surface area contributed by atoms with Gasteiger partial charge in [0.05, 0.1) is 5.56 Å². The third kappa shape index (κ3) is 1.61. The largest absolute Gasteiger partial charge is 0.619 e. The van der Waals surface area contributed by atoms with Crippen LogP contribution in [0, 0.1) is 5.21 Å². The van der Waals surface area contributed by atoms with Gasteiger partial charge in [-0.25, -0.2) is 4.79 Å². The van der Waals surface area contributed by atoms with Crippen molar-refractivity contribution in [3.63, 3.8) is 0 Å². The third-order valence-corrected chi connectivity index (χ3v) is 3.74. The minimum atomic E-state index is -0.924. The van der Waals surface area contributed by atoms with Gasteiger partial charge >= 0.3 is 5.91 Å². The molecule has 90 valence electrons. The number of carbonyl (C=O) groups is 1. The Morgan fingerprint density at radius 3 is 2.39 bits per heavy atom. The number of hydroxylamine groups is 2.